The van der Waals surface area contributed by atoms with E-state index in [1.54, 1.807) is 69.3 Å². The zero-order valence-electron chi connectivity index (χ0n) is 31.0. The molecule has 3 aromatic carbocycles. The number of hydrogen-bond donors (Lipinski definition) is 4. The zero-order chi connectivity index (χ0) is 39.1. The van der Waals surface area contributed by atoms with Gasteiger partial charge in [-0.25, -0.2) is 14.5 Å². The van der Waals surface area contributed by atoms with E-state index in [1.807, 2.05) is 30.3 Å². The number of alkyl carbamates (subject to hydrolysis) is 1. The van der Waals surface area contributed by atoms with E-state index in [2.05, 4.69) is 30.9 Å². The summed E-state index contributed by atoms with van der Waals surface area (Å²) in [5.74, 6) is -0.784. The number of amides is 3. The van der Waals surface area contributed by atoms with Crippen LogP contribution in [0.4, 0.5) is 10.5 Å². The molecule has 5 aromatic rings. The molecule has 2 aromatic heterocycles. The number of aromatic nitrogens is 6. The average molecular weight is 748 g/mol. The van der Waals surface area contributed by atoms with Crippen LogP contribution in [0.3, 0.4) is 0 Å². The number of nitrogens with zero attached hydrogens (tertiary/aromatic N) is 5. The molecule has 55 heavy (non-hydrogen) atoms. The lowest BCUT2D eigenvalue weighted by Gasteiger charge is -2.32. The van der Waals surface area contributed by atoms with E-state index in [9.17, 15) is 24.0 Å². The smallest absolute Gasteiger partial charge is 0.407 e. The first-order valence-corrected chi connectivity index (χ1v) is 18.3. The van der Waals surface area contributed by atoms with Crippen LogP contribution in [0.5, 0.6) is 0 Å². The fourth-order valence-electron chi connectivity index (χ4n) is 6.68. The third-order valence-electron chi connectivity index (χ3n) is 9.54. The standard InChI is InChI=1S/C40H45N9O6/c1-40(2,3)55-39(54)42-22-26-11-15-30(16-12-26)36(51)49(31-19-17-29(18-20-31)34-44-46-47-45-34)37(52)33(41)21-25-9-13-28(14-10-25)32-24-48(38(53)43-35(32)50)23-27-7-5-4-6-8-27/h4-10,13-14,17-20,24,26,30,33H,11-12,15-16,21-23,41H2,1-3H3,(H,42,54)(H,43,50,53)(H,44,45,46,47)/t26?,30?,33-/m0/s1. The van der Waals surface area contributed by atoms with Crippen molar-refractivity contribution < 1.29 is 19.1 Å². The van der Waals surface area contributed by atoms with Crippen LogP contribution in [0.15, 0.2) is 94.6 Å². The highest BCUT2D eigenvalue weighted by Crippen LogP contribution is 2.32. The van der Waals surface area contributed by atoms with Crippen molar-refractivity contribution in [1.29, 1.82) is 0 Å². The number of aromatic amines is 2. The van der Waals surface area contributed by atoms with Crippen LogP contribution in [0.1, 0.15) is 57.6 Å². The summed E-state index contributed by atoms with van der Waals surface area (Å²) < 4.78 is 6.80. The number of imide groups is 1. The normalized spacial score (nSPS) is 16.2. The SMILES string of the molecule is CC(C)(C)OC(=O)NCC1CCC(C(=O)N(C(=O)[C@@H](N)Cc2ccc(-c3cn(Cc4ccccc4)c(=O)[nH]c3=O)cc2)c2ccc(-c3nn[nH]n3)cc2)CC1. The Morgan fingerprint density at radius 3 is 2.24 bits per heavy atom. The van der Waals surface area contributed by atoms with E-state index in [0.717, 1.165) is 11.1 Å². The molecule has 1 fully saturated rings. The van der Waals surface area contributed by atoms with E-state index >= 15 is 0 Å². The fraction of sp³-hybridized carbons (Fsp3) is 0.350. The van der Waals surface area contributed by atoms with Crippen molar-refractivity contribution in [2.45, 2.75) is 71.1 Å². The maximum Gasteiger partial charge on any atom is 0.407 e. The molecule has 0 spiro atoms. The Labute approximate surface area is 317 Å². The number of rotatable bonds is 11. The Bertz CT molecular complexity index is 2200. The second kappa shape index (κ2) is 16.8. The van der Waals surface area contributed by atoms with Crippen molar-refractivity contribution in [2.75, 3.05) is 11.4 Å². The van der Waals surface area contributed by atoms with Crippen molar-refractivity contribution >= 4 is 23.6 Å². The lowest BCUT2D eigenvalue weighted by molar-refractivity contribution is -0.130. The number of ether oxygens (including phenoxy) is 1. The maximum atomic E-state index is 14.2. The van der Waals surface area contributed by atoms with E-state index < -0.39 is 40.8 Å². The topological polar surface area (TPSA) is 211 Å². The van der Waals surface area contributed by atoms with Crippen LogP contribution < -0.4 is 27.2 Å². The van der Waals surface area contributed by atoms with Gasteiger partial charge in [-0.1, -0.05) is 54.6 Å². The molecule has 15 heteroatoms. The minimum Gasteiger partial charge on any atom is -0.444 e. The van der Waals surface area contributed by atoms with Crippen LogP contribution in [-0.2, 0) is 27.3 Å². The molecular formula is C40H45N9O6. The highest BCUT2D eigenvalue weighted by atomic mass is 16.6. The summed E-state index contributed by atoms with van der Waals surface area (Å²) in [4.78, 5) is 69.5. The minimum atomic E-state index is -1.07. The van der Waals surface area contributed by atoms with Gasteiger partial charge in [0.25, 0.3) is 11.5 Å². The van der Waals surface area contributed by atoms with E-state index in [0.29, 0.717) is 67.0 Å². The van der Waals surface area contributed by atoms with Crippen molar-refractivity contribution in [2.24, 2.45) is 17.6 Å². The number of nitrogens with two attached hydrogens (primary N) is 1. The molecule has 3 amide bonds. The average Bonchev–Trinajstić information content (AvgIpc) is 3.71. The number of nitrogens with one attached hydrogen (secondary N) is 3. The molecule has 1 atom stereocenters. The maximum absolute atomic E-state index is 14.2. The number of carbonyl (C=O) groups excluding carboxylic acids is 3. The molecule has 0 aliphatic heterocycles. The van der Waals surface area contributed by atoms with Crippen LogP contribution in [0.2, 0.25) is 0 Å². The van der Waals surface area contributed by atoms with Gasteiger partial charge in [0, 0.05) is 24.2 Å². The van der Waals surface area contributed by atoms with Gasteiger partial charge < -0.3 is 15.8 Å². The summed E-state index contributed by atoms with van der Waals surface area (Å²) in [6.45, 7) is 6.14. The molecule has 2 heterocycles. The molecule has 5 N–H and O–H groups in total. The monoisotopic (exact) mass is 747 g/mol. The molecular weight excluding hydrogens is 702 g/mol. The van der Waals surface area contributed by atoms with Crippen molar-refractivity contribution in [1.82, 2.24) is 35.5 Å². The fourth-order valence-corrected chi connectivity index (χ4v) is 6.68. The summed E-state index contributed by atoms with van der Waals surface area (Å²) in [5, 5.41) is 16.8. The number of H-pyrrole nitrogens is 2. The lowest BCUT2D eigenvalue weighted by atomic mass is 9.81. The summed E-state index contributed by atoms with van der Waals surface area (Å²) in [7, 11) is 0. The summed E-state index contributed by atoms with van der Waals surface area (Å²) in [6.07, 6.45) is 3.64. The highest BCUT2D eigenvalue weighted by Gasteiger charge is 2.35. The summed E-state index contributed by atoms with van der Waals surface area (Å²) >= 11 is 0. The molecule has 286 valence electrons. The first-order valence-electron chi connectivity index (χ1n) is 18.3. The van der Waals surface area contributed by atoms with E-state index in [1.165, 1.54) is 15.7 Å². The van der Waals surface area contributed by atoms with Crippen LogP contribution >= 0.6 is 0 Å². The predicted octanol–water partition coefficient (Wildman–Crippen LogP) is 4.19. The Morgan fingerprint density at radius 1 is 0.927 bits per heavy atom. The van der Waals surface area contributed by atoms with Crippen LogP contribution in [-0.4, -0.2) is 66.3 Å². The van der Waals surface area contributed by atoms with Gasteiger partial charge in [-0.05, 0) is 105 Å². The van der Waals surface area contributed by atoms with Gasteiger partial charge in [-0.15, -0.1) is 10.2 Å². The van der Waals surface area contributed by atoms with Gasteiger partial charge in [-0.2, -0.15) is 5.21 Å². The number of hydrogen-bond acceptors (Lipinski definition) is 10. The third-order valence-corrected chi connectivity index (χ3v) is 9.54. The Hall–Kier alpha value is -6.22. The van der Waals surface area contributed by atoms with Gasteiger partial charge in [0.1, 0.15) is 5.60 Å². The lowest BCUT2D eigenvalue weighted by Crippen LogP contribution is -2.50. The number of anilines is 1. The van der Waals surface area contributed by atoms with Crippen molar-refractivity contribution in [3.8, 4) is 22.5 Å². The molecule has 15 nitrogen and oxygen atoms in total. The number of tetrazole rings is 1. The molecule has 0 unspecified atom stereocenters. The quantitative estimate of drug-likeness (QED) is 0.151. The first kappa shape index (κ1) is 38.5. The molecule has 6 rings (SSSR count). The van der Waals surface area contributed by atoms with Crippen molar-refractivity contribution in [3.63, 3.8) is 0 Å². The largest absolute Gasteiger partial charge is 0.444 e. The summed E-state index contributed by atoms with van der Waals surface area (Å²) in [5.41, 5.74) is 8.48. The van der Waals surface area contributed by atoms with Crippen molar-refractivity contribution in [3.05, 3.63) is 117 Å². The first-order chi connectivity index (χ1) is 26.3. The molecule has 1 aliphatic carbocycles. The second-order valence-corrected chi connectivity index (χ2v) is 14.8. The van der Waals surface area contributed by atoms with Crippen LogP contribution in [0, 0.1) is 11.8 Å². The Balaban J connectivity index is 1.16. The minimum absolute atomic E-state index is 0.122. The zero-order valence-corrected chi connectivity index (χ0v) is 31.0. The summed E-state index contributed by atoms with van der Waals surface area (Å²) in [6, 6.07) is 22.1. The molecule has 0 bridgehead atoms. The van der Waals surface area contributed by atoms with Gasteiger partial charge in [0.2, 0.25) is 11.7 Å². The van der Waals surface area contributed by atoms with Gasteiger partial charge in [-0.3, -0.25) is 23.9 Å². The molecule has 1 aliphatic rings. The van der Waals surface area contributed by atoms with Gasteiger partial charge in [0.15, 0.2) is 0 Å². The van der Waals surface area contributed by atoms with E-state index in [-0.39, 0.29) is 18.2 Å². The Morgan fingerprint density at radius 2 is 1.60 bits per heavy atom. The predicted molar refractivity (Wildman–Crippen MR) is 206 cm³/mol. The molecule has 1 saturated carbocycles. The molecule has 0 saturated heterocycles. The molecule has 0 radical (unpaired) electrons. The van der Waals surface area contributed by atoms with Gasteiger partial charge >= 0.3 is 11.8 Å². The van der Waals surface area contributed by atoms with E-state index in [4.69, 9.17) is 10.5 Å². The highest BCUT2D eigenvalue weighted by molar-refractivity contribution is 6.17. The Kier molecular flexibility index (Phi) is 11.8. The third kappa shape index (κ3) is 9.86. The van der Waals surface area contributed by atoms with Gasteiger partial charge in [0.05, 0.1) is 23.8 Å². The number of benzene rings is 3. The van der Waals surface area contributed by atoms with Crippen LogP contribution in [0.25, 0.3) is 22.5 Å². The number of carbonyl (C=O) groups is 3. The second-order valence-electron chi connectivity index (χ2n) is 14.8.